The van der Waals surface area contributed by atoms with E-state index in [1.54, 1.807) is 19.3 Å². The number of imidazole rings is 2. The van der Waals surface area contributed by atoms with Gasteiger partial charge >= 0.3 is 6.18 Å². The first kappa shape index (κ1) is 23.2. The molecule has 0 bridgehead atoms. The molecule has 1 aromatic carbocycles. The summed E-state index contributed by atoms with van der Waals surface area (Å²) in [7, 11) is -2.27. The summed E-state index contributed by atoms with van der Waals surface area (Å²) in [5.41, 5.74) is 1.30. The van der Waals surface area contributed by atoms with Gasteiger partial charge in [-0.3, -0.25) is 4.40 Å². The highest BCUT2D eigenvalue weighted by molar-refractivity contribution is 7.91. The molecule has 8 nitrogen and oxygen atoms in total. The van der Waals surface area contributed by atoms with Crippen molar-refractivity contribution >= 4 is 37.6 Å². The van der Waals surface area contributed by atoms with Crippen molar-refractivity contribution in [2.45, 2.75) is 18.1 Å². The third-order valence-electron chi connectivity index (χ3n) is 6.36. The van der Waals surface area contributed by atoms with Gasteiger partial charge in [0, 0.05) is 25.6 Å². The van der Waals surface area contributed by atoms with Gasteiger partial charge in [0.1, 0.15) is 16.9 Å². The molecule has 0 spiro atoms. The van der Waals surface area contributed by atoms with Crippen molar-refractivity contribution in [1.29, 1.82) is 0 Å². The van der Waals surface area contributed by atoms with Gasteiger partial charge < -0.3 is 9.13 Å². The Kier molecular flexibility index (Phi) is 4.96. The Labute approximate surface area is 208 Å². The third-order valence-corrected chi connectivity index (χ3v) is 8.10. The molecule has 0 N–H and O–H groups in total. The Morgan fingerprint density at radius 3 is 2.57 bits per heavy atom. The van der Waals surface area contributed by atoms with E-state index >= 15 is 0 Å². The molecule has 5 aromatic heterocycles. The molecule has 0 radical (unpaired) electrons. The minimum atomic E-state index is -4.59. The van der Waals surface area contributed by atoms with E-state index in [2.05, 4.69) is 15.0 Å². The van der Waals surface area contributed by atoms with Gasteiger partial charge in [-0.25, -0.2) is 23.4 Å². The molecule has 12 heteroatoms. The van der Waals surface area contributed by atoms with Gasteiger partial charge in [0.2, 0.25) is 0 Å². The maximum Gasteiger partial charge on any atom is 0.417 e. The van der Waals surface area contributed by atoms with Crippen LogP contribution >= 0.6 is 0 Å². The largest absolute Gasteiger partial charge is 0.417 e. The van der Waals surface area contributed by atoms with Crippen molar-refractivity contribution in [2.24, 2.45) is 7.05 Å². The quantitative estimate of drug-likeness (QED) is 0.323. The van der Waals surface area contributed by atoms with Crippen LogP contribution in [-0.2, 0) is 23.1 Å². The van der Waals surface area contributed by atoms with Crippen molar-refractivity contribution in [3.8, 4) is 17.2 Å². The highest BCUT2D eigenvalue weighted by Crippen LogP contribution is 2.34. The van der Waals surface area contributed by atoms with Crippen LogP contribution in [0.15, 0.2) is 72.1 Å². The number of alkyl halides is 3. The van der Waals surface area contributed by atoms with Crippen LogP contribution in [-0.4, -0.2) is 42.7 Å². The number of hydrogen-bond acceptors (Lipinski definition) is 5. The summed E-state index contributed by atoms with van der Waals surface area (Å²) in [5.74, 6) is -0.101. The lowest BCUT2D eigenvalue weighted by Crippen LogP contribution is -2.10. The summed E-state index contributed by atoms with van der Waals surface area (Å²) in [4.78, 5) is 12.8. The second-order valence-electron chi connectivity index (χ2n) is 8.59. The summed E-state index contributed by atoms with van der Waals surface area (Å²) >= 11 is 0. The predicted molar refractivity (Wildman–Crippen MR) is 132 cm³/mol. The van der Waals surface area contributed by atoms with Gasteiger partial charge in [-0.05, 0) is 35.7 Å². The van der Waals surface area contributed by atoms with Crippen LogP contribution in [0.4, 0.5) is 13.2 Å². The Balaban J connectivity index is 1.61. The fourth-order valence-corrected chi connectivity index (χ4v) is 5.64. The zero-order chi connectivity index (χ0) is 26.1. The second kappa shape index (κ2) is 7.90. The summed E-state index contributed by atoms with van der Waals surface area (Å²) < 4.78 is 71.2. The fourth-order valence-electron chi connectivity index (χ4n) is 4.48. The number of halogens is 3. The number of pyridine rings is 2. The zero-order valence-corrected chi connectivity index (χ0v) is 20.4. The zero-order valence-electron chi connectivity index (χ0n) is 19.6. The van der Waals surface area contributed by atoms with Gasteiger partial charge in [-0.1, -0.05) is 25.1 Å². The Morgan fingerprint density at radius 2 is 1.81 bits per heavy atom. The van der Waals surface area contributed by atoms with E-state index in [4.69, 9.17) is 0 Å². The van der Waals surface area contributed by atoms with Gasteiger partial charge in [0.05, 0.1) is 22.5 Å². The fraction of sp³-hybridized carbons (Fsp3) is 0.160. The molecule has 0 aliphatic rings. The van der Waals surface area contributed by atoms with Crippen LogP contribution in [0.2, 0.25) is 0 Å². The molecule has 0 fully saturated rings. The van der Waals surface area contributed by atoms with Gasteiger partial charge in [-0.2, -0.15) is 13.2 Å². The van der Waals surface area contributed by atoms with E-state index in [-0.39, 0.29) is 33.5 Å². The summed E-state index contributed by atoms with van der Waals surface area (Å²) in [6, 6.07) is 14.2. The molecular formula is C25H19F3N6O2S. The van der Waals surface area contributed by atoms with E-state index in [0.29, 0.717) is 11.3 Å². The topological polar surface area (TPSA) is 87.1 Å². The van der Waals surface area contributed by atoms with Gasteiger partial charge in [-0.15, -0.1) is 0 Å². The molecule has 0 aliphatic heterocycles. The maximum atomic E-state index is 13.3. The Hall–Kier alpha value is -4.19. The molecule has 6 aromatic rings. The summed E-state index contributed by atoms with van der Waals surface area (Å²) in [6.07, 6.45) is -0.275. The van der Waals surface area contributed by atoms with Crippen molar-refractivity contribution in [3.05, 3.63) is 72.7 Å². The molecule has 0 atom stereocenters. The predicted octanol–water partition coefficient (Wildman–Crippen LogP) is 5.04. The first-order chi connectivity index (χ1) is 17.6. The lowest BCUT2D eigenvalue weighted by Gasteiger charge is -2.09. The first-order valence-electron chi connectivity index (χ1n) is 11.3. The Morgan fingerprint density at radius 1 is 1.03 bits per heavy atom. The van der Waals surface area contributed by atoms with E-state index < -0.39 is 21.6 Å². The smallest absolute Gasteiger partial charge is 0.315 e. The lowest BCUT2D eigenvalue weighted by molar-refractivity contribution is -0.137. The highest BCUT2D eigenvalue weighted by Gasteiger charge is 2.33. The normalized spacial score (nSPS) is 12.8. The molecule has 0 saturated heterocycles. The average molecular weight is 525 g/mol. The number of fused-ring (bicyclic) bond motifs is 3. The van der Waals surface area contributed by atoms with E-state index in [0.717, 1.165) is 23.2 Å². The molecule has 188 valence electrons. The monoisotopic (exact) mass is 524 g/mol. The van der Waals surface area contributed by atoms with Crippen LogP contribution in [0, 0.1) is 0 Å². The van der Waals surface area contributed by atoms with Crippen molar-refractivity contribution < 1.29 is 21.6 Å². The molecule has 0 aliphatic carbocycles. The van der Waals surface area contributed by atoms with Gasteiger partial charge in [0.15, 0.2) is 26.3 Å². The highest BCUT2D eigenvalue weighted by atomic mass is 32.2. The molecule has 5 heterocycles. The summed E-state index contributed by atoms with van der Waals surface area (Å²) in [5, 5.41) is 0.943. The first-order valence-corrected chi connectivity index (χ1v) is 12.9. The van der Waals surface area contributed by atoms with Crippen molar-refractivity contribution in [1.82, 2.24) is 28.5 Å². The van der Waals surface area contributed by atoms with Crippen molar-refractivity contribution in [3.63, 3.8) is 0 Å². The number of para-hydroxylation sites is 1. The van der Waals surface area contributed by atoms with Crippen molar-refractivity contribution in [2.75, 3.05) is 5.75 Å². The van der Waals surface area contributed by atoms with E-state index in [1.165, 1.54) is 15.9 Å². The van der Waals surface area contributed by atoms with Crippen LogP contribution in [0.3, 0.4) is 0 Å². The van der Waals surface area contributed by atoms with Crippen LogP contribution in [0.1, 0.15) is 12.5 Å². The van der Waals surface area contributed by atoms with E-state index in [9.17, 15) is 21.6 Å². The second-order valence-corrected chi connectivity index (χ2v) is 10.8. The maximum absolute atomic E-state index is 13.3. The van der Waals surface area contributed by atoms with Crippen LogP contribution < -0.4 is 0 Å². The molecule has 37 heavy (non-hydrogen) atoms. The minimum absolute atomic E-state index is 0.0104. The molecule has 0 saturated carbocycles. The van der Waals surface area contributed by atoms with E-state index in [1.807, 2.05) is 47.2 Å². The van der Waals surface area contributed by atoms with Gasteiger partial charge in [0.25, 0.3) is 0 Å². The molecular weight excluding hydrogens is 505 g/mol. The number of benzene rings is 1. The standard InChI is InChI=1S/C25H19F3N6O2S/c1-3-37(35,36)24-21(23-30-18-12-16(25(26,27)28)13-29-22(18)32(23)2)31-20-9-8-17(14-34(20)24)33-11-10-15-6-4-5-7-19(15)33/h4-14H,3H2,1-2H3. The number of nitrogens with zero attached hydrogens (tertiary/aromatic N) is 6. The van der Waals surface area contributed by atoms with Crippen LogP contribution in [0.25, 0.3) is 44.9 Å². The molecule has 6 rings (SSSR count). The lowest BCUT2D eigenvalue weighted by atomic mass is 10.2. The average Bonchev–Trinajstić information content (AvgIpc) is 3.56. The third kappa shape index (κ3) is 3.58. The number of sulfone groups is 1. The SMILES string of the molecule is CCS(=O)(=O)c1c(-c2nc3cc(C(F)(F)F)cnc3n2C)nc2ccc(-n3ccc4ccccc43)cn12. The molecule has 0 unspecified atom stereocenters. The summed E-state index contributed by atoms with van der Waals surface area (Å²) in [6.45, 7) is 1.52. The number of aromatic nitrogens is 6. The number of hydrogen-bond donors (Lipinski definition) is 0. The minimum Gasteiger partial charge on any atom is -0.315 e. The van der Waals surface area contributed by atoms with Crippen LogP contribution in [0.5, 0.6) is 0 Å². The Bertz CT molecular complexity index is 1950. The number of aryl methyl sites for hydroxylation is 1. The number of rotatable bonds is 4. The molecule has 0 amide bonds.